The van der Waals surface area contributed by atoms with Crippen LogP contribution in [0.1, 0.15) is 46.5 Å². The minimum atomic E-state index is 0.261. The van der Waals surface area contributed by atoms with Gasteiger partial charge >= 0.3 is 0 Å². The number of carbonyl (C=O) groups is 1. The summed E-state index contributed by atoms with van der Waals surface area (Å²) in [7, 11) is 0. The Bertz CT molecular complexity index is 213. The summed E-state index contributed by atoms with van der Waals surface area (Å²) in [5.74, 6) is 0.665. The molecule has 12 heavy (non-hydrogen) atoms. The molecule has 0 saturated heterocycles. The van der Waals surface area contributed by atoms with Gasteiger partial charge in [-0.2, -0.15) is 0 Å². The van der Waals surface area contributed by atoms with Gasteiger partial charge in [-0.1, -0.05) is 25.8 Å². The maximum absolute atomic E-state index is 11.6. The highest BCUT2D eigenvalue weighted by Crippen LogP contribution is 2.30. The summed E-state index contributed by atoms with van der Waals surface area (Å²) in [6.45, 7) is 6.30. The Labute approximate surface area is 74.9 Å². The summed E-state index contributed by atoms with van der Waals surface area (Å²) in [6, 6.07) is 0. The van der Waals surface area contributed by atoms with E-state index in [2.05, 4.69) is 13.8 Å². The summed E-state index contributed by atoms with van der Waals surface area (Å²) in [6.07, 6.45) is 4.34. The lowest BCUT2D eigenvalue weighted by Crippen LogP contribution is -2.05. The first-order valence-corrected chi connectivity index (χ1v) is 4.89. The van der Waals surface area contributed by atoms with Gasteiger partial charge in [-0.3, -0.25) is 4.79 Å². The zero-order chi connectivity index (χ0) is 9.14. The van der Waals surface area contributed by atoms with Gasteiger partial charge in [-0.05, 0) is 31.8 Å². The number of ketones is 1. The van der Waals surface area contributed by atoms with Crippen molar-refractivity contribution in [2.75, 3.05) is 0 Å². The van der Waals surface area contributed by atoms with Crippen molar-refractivity contribution in [3.8, 4) is 0 Å². The van der Waals surface area contributed by atoms with Crippen molar-refractivity contribution in [3.05, 3.63) is 11.1 Å². The van der Waals surface area contributed by atoms with E-state index in [1.807, 2.05) is 6.92 Å². The van der Waals surface area contributed by atoms with Crippen molar-refractivity contribution in [2.45, 2.75) is 46.5 Å². The SMILES string of the molecule is CCCCC1=C(C)CC(C)C1=O. The van der Waals surface area contributed by atoms with Gasteiger partial charge in [-0.25, -0.2) is 0 Å². The van der Waals surface area contributed by atoms with E-state index in [9.17, 15) is 4.79 Å². The van der Waals surface area contributed by atoms with E-state index in [0.717, 1.165) is 24.8 Å². The number of allylic oxidation sites excluding steroid dienone is 2. The van der Waals surface area contributed by atoms with Crippen LogP contribution in [0.2, 0.25) is 0 Å². The Kier molecular flexibility index (Phi) is 3.07. The van der Waals surface area contributed by atoms with Crippen LogP contribution in [0.15, 0.2) is 11.1 Å². The molecule has 0 bridgehead atoms. The van der Waals surface area contributed by atoms with Gasteiger partial charge in [0.1, 0.15) is 0 Å². The van der Waals surface area contributed by atoms with Crippen molar-refractivity contribution in [2.24, 2.45) is 5.92 Å². The molecule has 1 rings (SSSR count). The van der Waals surface area contributed by atoms with Crippen molar-refractivity contribution >= 4 is 5.78 Å². The lowest BCUT2D eigenvalue weighted by molar-refractivity contribution is -0.118. The molecule has 1 nitrogen and oxygen atoms in total. The van der Waals surface area contributed by atoms with Gasteiger partial charge in [0, 0.05) is 5.92 Å². The minimum Gasteiger partial charge on any atom is -0.294 e. The average Bonchev–Trinajstić information content (AvgIpc) is 2.25. The van der Waals surface area contributed by atoms with Crippen molar-refractivity contribution in [1.29, 1.82) is 0 Å². The highest BCUT2D eigenvalue weighted by Gasteiger charge is 2.26. The third kappa shape index (κ3) is 1.77. The van der Waals surface area contributed by atoms with Crippen LogP contribution < -0.4 is 0 Å². The van der Waals surface area contributed by atoms with Crippen LogP contribution in [0.3, 0.4) is 0 Å². The van der Waals surface area contributed by atoms with Crippen LogP contribution >= 0.6 is 0 Å². The molecule has 1 heteroatoms. The number of unbranched alkanes of at least 4 members (excludes halogenated alkanes) is 1. The Morgan fingerprint density at radius 2 is 2.17 bits per heavy atom. The molecule has 0 aromatic rings. The van der Waals surface area contributed by atoms with Crippen LogP contribution in [0.5, 0.6) is 0 Å². The molecule has 0 aromatic heterocycles. The first kappa shape index (κ1) is 9.50. The third-order valence-corrected chi connectivity index (χ3v) is 2.65. The first-order valence-electron chi connectivity index (χ1n) is 4.89. The topological polar surface area (TPSA) is 17.1 Å². The van der Waals surface area contributed by atoms with E-state index in [4.69, 9.17) is 0 Å². The highest BCUT2D eigenvalue weighted by atomic mass is 16.1. The minimum absolute atomic E-state index is 0.261. The normalized spacial score (nSPS) is 23.9. The molecule has 0 N–H and O–H groups in total. The fourth-order valence-electron chi connectivity index (χ4n) is 1.87. The molecule has 1 aliphatic carbocycles. The molecule has 0 spiro atoms. The Morgan fingerprint density at radius 1 is 1.50 bits per heavy atom. The molecule has 0 heterocycles. The van der Waals surface area contributed by atoms with Crippen molar-refractivity contribution in [3.63, 3.8) is 0 Å². The number of rotatable bonds is 3. The summed E-state index contributed by atoms with van der Waals surface area (Å²) in [5.41, 5.74) is 2.46. The molecule has 1 atom stereocenters. The second kappa shape index (κ2) is 3.88. The quantitative estimate of drug-likeness (QED) is 0.629. The standard InChI is InChI=1S/C11H18O/c1-4-5-6-10-8(2)7-9(3)11(10)12/h9H,4-7H2,1-3H3. The predicted octanol–water partition coefficient (Wildman–Crippen LogP) is 3.10. The van der Waals surface area contributed by atoms with Gasteiger partial charge in [0.2, 0.25) is 0 Å². The molecule has 0 fully saturated rings. The Hall–Kier alpha value is -0.590. The number of Topliss-reactive ketones (excluding diaryl/α,β-unsaturated/α-hetero) is 1. The van der Waals surface area contributed by atoms with Gasteiger partial charge < -0.3 is 0 Å². The van der Waals surface area contributed by atoms with Gasteiger partial charge in [0.15, 0.2) is 5.78 Å². The third-order valence-electron chi connectivity index (χ3n) is 2.65. The molecular weight excluding hydrogens is 148 g/mol. The van der Waals surface area contributed by atoms with Gasteiger partial charge in [0.05, 0.1) is 0 Å². The summed E-state index contributed by atoms with van der Waals surface area (Å²) < 4.78 is 0. The number of hydrogen-bond donors (Lipinski definition) is 0. The van der Waals surface area contributed by atoms with E-state index < -0.39 is 0 Å². The predicted molar refractivity (Wildman–Crippen MR) is 51.0 cm³/mol. The summed E-state index contributed by atoms with van der Waals surface area (Å²) in [4.78, 5) is 11.6. The molecule has 0 radical (unpaired) electrons. The van der Waals surface area contributed by atoms with Crippen molar-refractivity contribution in [1.82, 2.24) is 0 Å². The van der Waals surface area contributed by atoms with Crippen LogP contribution in [0.4, 0.5) is 0 Å². The zero-order valence-electron chi connectivity index (χ0n) is 8.31. The lowest BCUT2D eigenvalue weighted by atomic mass is 10.0. The monoisotopic (exact) mass is 166 g/mol. The van der Waals surface area contributed by atoms with E-state index in [-0.39, 0.29) is 5.92 Å². The maximum Gasteiger partial charge on any atom is 0.161 e. The van der Waals surface area contributed by atoms with E-state index in [0.29, 0.717) is 5.78 Å². The molecule has 0 saturated carbocycles. The molecule has 0 aromatic carbocycles. The number of carbonyl (C=O) groups excluding carboxylic acids is 1. The maximum atomic E-state index is 11.6. The zero-order valence-corrected chi connectivity index (χ0v) is 8.31. The molecule has 68 valence electrons. The number of hydrogen-bond acceptors (Lipinski definition) is 1. The molecule has 0 aliphatic heterocycles. The smallest absolute Gasteiger partial charge is 0.161 e. The lowest BCUT2D eigenvalue weighted by Gasteiger charge is -2.01. The van der Waals surface area contributed by atoms with Crippen LogP contribution in [0.25, 0.3) is 0 Å². The molecular formula is C11H18O. The Balaban J connectivity index is 2.61. The van der Waals surface area contributed by atoms with E-state index in [1.165, 1.54) is 12.0 Å². The fraction of sp³-hybridized carbons (Fsp3) is 0.727. The molecule has 1 aliphatic rings. The second-order valence-electron chi connectivity index (χ2n) is 3.83. The van der Waals surface area contributed by atoms with Crippen LogP contribution in [-0.4, -0.2) is 5.78 Å². The van der Waals surface area contributed by atoms with E-state index in [1.54, 1.807) is 0 Å². The first-order chi connectivity index (χ1) is 5.66. The fourth-order valence-corrected chi connectivity index (χ4v) is 1.87. The average molecular weight is 166 g/mol. The van der Waals surface area contributed by atoms with Crippen molar-refractivity contribution < 1.29 is 4.79 Å². The van der Waals surface area contributed by atoms with Gasteiger partial charge in [0.25, 0.3) is 0 Å². The molecule has 0 amide bonds. The summed E-state index contributed by atoms with van der Waals surface area (Å²) >= 11 is 0. The summed E-state index contributed by atoms with van der Waals surface area (Å²) in [5, 5.41) is 0. The van der Waals surface area contributed by atoms with Crippen LogP contribution in [-0.2, 0) is 4.79 Å². The molecule has 1 unspecified atom stereocenters. The van der Waals surface area contributed by atoms with Gasteiger partial charge in [-0.15, -0.1) is 0 Å². The largest absolute Gasteiger partial charge is 0.294 e. The highest BCUT2D eigenvalue weighted by molar-refractivity contribution is 6.00. The Morgan fingerprint density at radius 3 is 2.58 bits per heavy atom. The van der Waals surface area contributed by atoms with E-state index >= 15 is 0 Å². The second-order valence-corrected chi connectivity index (χ2v) is 3.83. The van der Waals surface area contributed by atoms with Crippen LogP contribution in [0, 0.1) is 5.92 Å².